The smallest absolute Gasteiger partial charge is 0.254 e. The lowest BCUT2D eigenvalue weighted by molar-refractivity contribution is 0.0707. The minimum atomic E-state index is -0.138. The lowest BCUT2D eigenvalue weighted by atomic mass is 10.2. The van der Waals surface area contributed by atoms with Crippen LogP contribution in [0.3, 0.4) is 0 Å². The lowest BCUT2D eigenvalue weighted by Crippen LogP contribution is -2.38. The Kier molecular flexibility index (Phi) is 3.12. The van der Waals surface area contributed by atoms with E-state index in [1.807, 2.05) is 4.57 Å². The van der Waals surface area contributed by atoms with Crippen molar-refractivity contribution in [2.24, 2.45) is 0 Å². The Morgan fingerprint density at radius 2 is 1.95 bits per heavy atom. The highest BCUT2D eigenvalue weighted by Gasteiger charge is 2.23. The molecule has 8 heteroatoms. The van der Waals surface area contributed by atoms with E-state index in [-0.39, 0.29) is 16.2 Å². The van der Waals surface area contributed by atoms with Gasteiger partial charge < -0.3 is 9.47 Å². The molecule has 0 saturated heterocycles. The second-order valence-electron chi connectivity index (χ2n) is 4.17. The molecule has 0 saturated carbocycles. The maximum atomic E-state index is 12.4. The first-order valence-electron chi connectivity index (χ1n) is 5.62. The summed E-state index contributed by atoms with van der Waals surface area (Å²) >= 11 is 11.6. The van der Waals surface area contributed by atoms with E-state index in [0.717, 1.165) is 5.82 Å². The van der Waals surface area contributed by atoms with Crippen molar-refractivity contribution in [2.75, 3.05) is 6.54 Å². The van der Waals surface area contributed by atoms with Gasteiger partial charge in [0.25, 0.3) is 5.91 Å². The van der Waals surface area contributed by atoms with Gasteiger partial charge in [0.2, 0.25) is 0 Å². The molecule has 2 aromatic heterocycles. The van der Waals surface area contributed by atoms with Gasteiger partial charge in [-0.05, 0) is 12.1 Å². The zero-order valence-electron chi connectivity index (χ0n) is 9.75. The molecule has 1 aliphatic rings. The molecule has 0 spiro atoms. The van der Waals surface area contributed by atoms with Gasteiger partial charge in [0.1, 0.15) is 16.6 Å². The van der Waals surface area contributed by atoms with Crippen LogP contribution in [0.25, 0.3) is 0 Å². The Morgan fingerprint density at radius 1 is 1.21 bits per heavy atom. The third kappa shape index (κ3) is 2.41. The molecular weight excluding hydrogens is 289 g/mol. The number of aromatic nitrogens is 4. The number of halogens is 2. The lowest BCUT2D eigenvalue weighted by Gasteiger charge is -2.27. The number of carbonyl (C=O) groups is 1. The summed E-state index contributed by atoms with van der Waals surface area (Å²) in [6.07, 6.45) is 1.66. The SMILES string of the molecule is O=C(c1cc(Cl)nc(Cl)c1)N1CCn2cnnc2C1. The molecule has 0 aromatic carbocycles. The molecule has 1 amide bonds. The van der Waals surface area contributed by atoms with Crippen molar-refractivity contribution in [2.45, 2.75) is 13.1 Å². The van der Waals surface area contributed by atoms with Gasteiger partial charge in [0.05, 0.1) is 6.54 Å². The van der Waals surface area contributed by atoms with E-state index in [2.05, 4.69) is 15.2 Å². The van der Waals surface area contributed by atoms with Gasteiger partial charge in [-0.1, -0.05) is 23.2 Å². The number of amides is 1. The van der Waals surface area contributed by atoms with Crippen LogP contribution in [0.15, 0.2) is 18.5 Å². The van der Waals surface area contributed by atoms with Crippen LogP contribution in [-0.4, -0.2) is 37.1 Å². The predicted octanol–water partition coefficient (Wildman–Crippen LogP) is 1.64. The molecule has 19 heavy (non-hydrogen) atoms. The molecule has 2 aromatic rings. The molecule has 0 unspecified atom stereocenters. The Labute approximate surface area is 119 Å². The van der Waals surface area contributed by atoms with Gasteiger partial charge in [-0.15, -0.1) is 10.2 Å². The van der Waals surface area contributed by atoms with Crippen molar-refractivity contribution in [1.29, 1.82) is 0 Å². The fourth-order valence-corrected chi connectivity index (χ4v) is 2.47. The Bertz CT molecular complexity index is 622. The van der Waals surface area contributed by atoms with Gasteiger partial charge in [-0.25, -0.2) is 4.98 Å². The second kappa shape index (κ2) is 4.79. The summed E-state index contributed by atoms with van der Waals surface area (Å²) in [6, 6.07) is 3.02. The Hall–Kier alpha value is -1.66. The summed E-state index contributed by atoms with van der Waals surface area (Å²) in [7, 11) is 0. The van der Waals surface area contributed by atoms with Crippen molar-refractivity contribution in [3.63, 3.8) is 0 Å². The average Bonchev–Trinajstić information content (AvgIpc) is 2.83. The number of hydrogen-bond acceptors (Lipinski definition) is 4. The predicted molar refractivity (Wildman–Crippen MR) is 69.0 cm³/mol. The van der Waals surface area contributed by atoms with Gasteiger partial charge in [0.15, 0.2) is 5.82 Å². The first-order chi connectivity index (χ1) is 9.13. The van der Waals surface area contributed by atoms with Gasteiger partial charge in [-0.3, -0.25) is 4.79 Å². The van der Waals surface area contributed by atoms with Crippen molar-refractivity contribution >= 4 is 29.1 Å². The first-order valence-corrected chi connectivity index (χ1v) is 6.38. The van der Waals surface area contributed by atoms with E-state index in [1.165, 1.54) is 12.1 Å². The molecule has 0 bridgehead atoms. The second-order valence-corrected chi connectivity index (χ2v) is 4.94. The van der Waals surface area contributed by atoms with E-state index in [9.17, 15) is 4.79 Å². The van der Waals surface area contributed by atoms with Crippen LogP contribution in [0.1, 0.15) is 16.2 Å². The van der Waals surface area contributed by atoms with Crippen molar-refractivity contribution in [3.8, 4) is 0 Å². The summed E-state index contributed by atoms with van der Waals surface area (Å²) in [4.78, 5) is 17.9. The summed E-state index contributed by atoms with van der Waals surface area (Å²) in [5.74, 6) is 0.631. The highest BCUT2D eigenvalue weighted by molar-refractivity contribution is 6.33. The molecule has 3 heterocycles. The number of hydrogen-bond donors (Lipinski definition) is 0. The third-order valence-corrected chi connectivity index (χ3v) is 3.32. The highest BCUT2D eigenvalue weighted by atomic mass is 35.5. The van der Waals surface area contributed by atoms with Crippen LogP contribution >= 0.6 is 23.2 Å². The average molecular weight is 298 g/mol. The molecule has 0 radical (unpaired) electrons. The number of carbonyl (C=O) groups excluding carboxylic acids is 1. The number of pyridine rings is 1. The minimum Gasteiger partial charge on any atom is -0.329 e. The minimum absolute atomic E-state index is 0.138. The maximum Gasteiger partial charge on any atom is 0.254 e. The Morgan fingerprint density at radius 3 is 2.68 bits per heavy atom. The number of rotatable bonds is 1. The topological polar surface area (TPSA) is 63.9 Å². The standard InChI is InChI=1S/C11H9Cl2N5O/c12-8-3-7(4-9(13)15-8)11(19)17-1-2-18-6-14-16-10(18)5-17/h3-4,6H,1-2,5H2. The van der Waals surface area contributed by atoms with Crippen LogP contribution < -0.4 is 0 Å². The van der Waals surface area contributed by atoms with Gasteiger partial charge in [-0.2, -0.15) is 0 Å². The summed E-state index contributed by atoms with van der Waals surface area (Å²) in [5, 5.41) is 8.20. The van der Waals surface area contributed by atoms with Crippen molar-refractivity contribution in [3.05, 3.63) is 40.2 Å². The molecule has 0 atom stereocenters. The van der Waals surface area contributed by atoms with Crippen LogP contribution in [0, 0.1) is 0 Å². The molecule has 0 fully saturated rings. The first kappa shape index (κ1) is 12.4. The molecule has 98 valence electrons. The molecule has 6 nitrogen and oxygen atoms in total. The maximum absolute atomic E-state index is 12.4. The molecule has 1 aliphatic heterocycles. The Balaban J connectivity index is 1.85. The molecule has 3 rings (SSSR count). The normalized spacial score (nSPS) is 14.3. The number of fused-ring (bicyclic) bond motifs is 1. The van der Waals surface area contributed by atoms with Crippen molar-refractivity contribution < 1.29 is 4.79 Å². The van der Waals surface area contributed by atoms with Crippen LogP contribution in [-0.2, 0) is 13.1 Å². The van der Waals surface area contributed by atoms with E-state index >= 15 is 0 Å². The molecule has 0 N–H and O–H groups in total. The molecular formula is C11H9Cl2N5O. The summed E-state index contributed by atoms with van der Waals surface area (Å²) in [6.45, 7) is 1.71. The summed E-state index contributed by atoms with van der Waals surface area (Å²) < 4.78 is 1.93. The van der Waals surface area contributed by atoms with E-state index in [1.54, 1.807) is 11.2 Å². The molecule has 0 aliphatic carbocycles. The van der Waals surface area contributed by atoms with Crippen molar-refractivity contribution in [1.82, 2.24) is 24.6 Å². The van der Waals surface area contributed by atoms with Gasteiger partial charge in [0, 0.05) is 18.7 Å². The van der Waals surface area contributed by atoms with E-state index < -0.39 is 0 Å². The van der Waals surface area contributed by atoms with E-state index in [4.69, 9.17) is 23.2 Å². The van der Waals surface area contributed by atoms with Gasteiger partial charge >= 0.3 is 0 Å². The fraction of sp³-hybridized carbons (Fsp3) is 0.273. The van der Waals surface area contributed by atoms with Crippen LogP contribution in [0.4, 0.5) is 0 Å². The summed E-state index contributed by atoms with van der Waals surface area (Å²) in [5.41, 5.74) is 0.429. The zero-order chi connectivity index (χ0) is 13.4. The zero-order valence-corrected chi connectivity index (χ0v) is 11.3. The van der Waals surface area contributed by atoms with E-state index in [0.29, 0.717) is 25.2 Å². The quantitative estimate of drug-likeness (QED) is 0.751. The monoisotopic (exact) mass is 297 g/mol. The fourth-order valence-electron chi connectivity index (χ4n) is 2.01. The largest absolute Gasteiger partial charge is 0.329 e. The van der Waals surface area contributed by atoms with Crippen LogP contribution in [0.5, 0.6) is 0 Å². The van der Waals surface area contributed by atoms with Crippen LogP contribution in [0.2, 0.25) is 10.3 Å². The number of nitrogens with zero attached hydrogens (tertiary/aromatic N) is 5. The highest BCUT2D eigenvalue weighted by Crippen LogP contribution is 2.18. The third-order valence-electron chi connectivity index (χ3n) is 2.94.